The van der Waals surface area contributed by atoms with E-state index in [0.29, 0.717) is 23.6 Å². The van der Waals surface area contributed by atoms with Gasteiger partial charge in [0, 0.05) is 18.3 Å². The third kappa shape index (κ3) is 2.70. The van der Waals surface area contributed by atoms with E-state index in [2.05, 4.69) is 15.0 Å². The summed E-state index contributed by atoms with van der Waals surface area (Å²) in [5.41, 5.74) is 2.05. The summed E-state index contributed by atoms with van der Waals surface area (Å²) < 4.78 is 35.6. The second-order valence-corrected chi connectivity index (χ2v) is 5.09. The van der Waals surface area contributed by atoms with E-state index in [0.717, 1.165) is 5.56 Å². The van der Waals surface area contributed by atoms with E-state index < -0.39 is 12.3 Å². The SMILES string of the molecule is COc1ncc(-c2cc([C@H]3C[C@@H]3C(F)F)ccn2)c(OC)n1. The van der Waals surface area contributed by atoms with Gasteiger partial charge in [0.25, 0.3) is 0 Å². The first-order valence-corrected chi connectivity index (χ1v) is 6.83. The maximum absolute atomic E-state index is 12.7. The zero-order chi connectivity index (χ0) is 15.7. The van der Waals surface area contributed by atoms with E-state index in [-0.39, 0.29) is 11.9 Å². The largest absolute Gasteiger partial charge is 0.480 e. The molecule has 1 fully saturated rings. The van der Waals surface area contributed by atoms with Crippen molar-refractivity contribution in [3.8, 4) is 23.1 Å². The highest BCUT2D eigenvalue weighted by molar-refractivity contribution is 5.65. The van der Waals surface area contributed by atoms with Crippen molar-refractivity contribution in [2.24, 2.45) is 5.92 Å². The predicted octanol–water partition coefficient (Wildman–Crippen LogP) is 2.92. The lowest BCUT2D eigenvalue weighted by atomic mass is 10.1. The minimum atomic E-state index is -2.28. The van der Waals surface area contributed by atoms with E-state index in [1.54, 1.807) is 24.5 Å². The van der Waals surface area contributed by atoms with Crippen LogP contribution in [0.2, 0.25) is 0 Å². The van der Waals surface area contributed by atoms with Gasteiger partial charge in [-0.25, -0.2) is 13.8 Å². The van der Waals surface area contributed by atoms with Crippen LogP contribution in [0.3, 0.4) is 0 Å². The Hall–Kier alpha value is -2.31. The van der Waals surface area contributed by atoms with Crippen LogP contribution in [0.25, 0.3) is 11.3 Å². The van der Waals surface area contributed by atoms with Crippen molar-refractivity contribution in [3.63, 3.8) is 0 Å². The first-order chi connectivity index (χ1) is 10.6. The molecule has 7 heteroatoms. The molecule has 5 nitrogen and oxygen atoms in total. The molecule has 0 aromatic carbocycles. The van der Waals surface area contributed by atoms with Crippen LogP contribution in [0.5, 0.6) is 11.9 Å². The van der Waals surface area contributed by atoms with Gasteiger partial charge in [0.2, 0.25) is 12.3 Å². The predicted molar refractivity (Wildman–Crippen MR) is 75.2 cm³/mol. The number of hydrogen-bond donors (Lipinski definition) is 0. The number of nitrogens with zero attached hydrogens (tertiary/aromatic N) is 3. The summed E-state index contributed by atoms with van der Waals surface area (Å²) in [6, 6.07) is 3.76. The second kappa shape index (κ2) is 5.82. The number of halogens is 2. The Bertz CT molecular complexity index is 682. The summed E-state index contributed by atoms with van der Waals surface area (Å²) in [6.45, 7) is 0. The number of rotatable bonds is 5. The highest BCUT2D eigenvalue weighted by atomic mass is 19.3. The van der Waals surface area contributed by atoms with Crippen LogP contribution in [-0.4, -0.2) is 35.6 Å². The molecular formula is C15H15F2N3O2. The number of alkyl halides is 2. The van der Waals surface area contributed by atoms with Gasteiger partial charge in [0.1, 0.15) is 0 Å². The van der Waals surface area contributed by atoms with Gasteiger partial charge in [-0.05, 0) is 30.0 Å². The highest BCUT2D eigenvalue weighted by Gasteiger charge is 2.45. The van der Waals surface area contributed by atoms with Crippen molar-refractivity contribution in [2.45, 2.75) is 18.8 Å². The second-order valence-electron chi connectivity index (χ2n) is 5.09. The summed E-state index contributed by atoms with van der Waals surface area (Å²) in [6.07, 6.45) is 1.39. The quantitative estimate of drug-likeness (QED) is 0.850. The molecular weight excluding hydrogens is 292 g/mol. The van der Waals surface area contributed by atoms with Gasteiger partial charge < -0.3 is 9.47 Å². The monoisotopic (exact) mass is 307 g/mol. The first-order valence-electron chi connectivity index (χ1n) is 6.83. The summed E-state index contributed by atoms with van der Waals surface area (Å²) in [4.78, 5) is 12.4. The molecule has 0 spiro atoms. The van der Waals surface area contributed by atoms with Crippen molar-refractivity contribution >= 4 is 0 Å². The third-order valence-electron chi connectivity index (χ3n) is 3.76. The number of methoxy groups -OCH3 is 2. The number of hydrogen-bond acceptors (Lipinski definition) is 5. The van der Waals surface area contributed by atoms with E-state index in [9.17, 15) is 8.78 Å². The topological polar surface area (TPSA) is 57.1 Å². The van der Waals surface area contributed by atoms with Crippen molar-refractivity contribution in [1.82, 2.24) is 15.0 Å². The van der Waals surface area contributed by atoms with Gasteiger partial charge in [0.05, 0.1) is 25.5 Å². The average molecular weight is 307 g/mol. The molecule has 0 bridgehead atoms. The standard InChI is InChI=1S/C15H15F2N3O2/c1-21-14-11(7-19-15(20-14)22-2)12-5-8(3-4-18-12)9-6-10(9)13(16)17/h3-5,7,9-10,13H,6H2,1-2H3/t9-,10+/m1/s1. The lowest BCUT2D eigenvalue weighted by Crippen LogP contribution is -1.99. The van der Waals surface area contributed by atoms with Crippen LogP contribution >= 0.6 is 0 Å². The van der Waals surface area contributed by atoms with Crippen LogP contribution < -0.4 is 9.47 Å². The molecule has 22 heavy (non-hydrogen) atoms. The van der Waals surface area contributed by atoms with Gasteiger partial charge in [-0.2, -0.15) is 4.98 Å². The molecule has 0 aliphatic heterocycles. The van der Waals surface area contributed by atoms with Gasteiger partial charge >= 0.3 is 6.01 Å². The van der Waals surface area contributed by atoms with Crippen LogP contribution in [0, 0.1) is 5.92 Å². The van der Waals surface area contributed by atoms with Crippen molar-refractivity contribution < 1.29 is 18.3 Å². The minimum absolute atomic E-state index is 0.105. The molecule has 1 aliphatic rings. The summed E-state index contributed by atoms with van der Waals surface area (Å²) in [5.74, 6) is -0.325. The van der Waals surface area contributed by atoms with Crippen molar-refractivity contribution in [1.29, 1.82) is 0 Å². The van der Waals surface area contributed by atoms with Crippen molar-refractivity contribution in [2.75, 3.05) is 14.2 Å². The normalized spacial score (nSPS) is 20.0. The van der Waals surface area contributed by atoms with Crippen molar-refractivity contribution in [3.05, 3.63) is 30.1 Å². The molecule has 116 valence electrons. The third-order valence-corrected chi connectivity index (χ3v) is 3.76. The van der Waals surface area contributed by atoms with Gasteiger partial charge in [-0.3, -0.25) is 4.98 Å². The van der Waals surface area contributed by atoms with Gasteiger partial charge in [0.15, 0.2) is 0 Å². The smallest absolute Gasteiger partial charge is 0.319 e. The minimum Gasteiger partial charge on any atom is -0.480 e. The maximum atomic E-state index is 12.7. The molecule has 0 unspecified atom stereocenters. The van der Waals surface area contributed by atoms with Crippen LogP contribution in [-0.2, 0) is 0 Å². The molecule has 1 aliphatic carbocycles. The molecule has 2 aromatic rings. The fourth-order valence-electron chi connectivity index (χ4n) is 2.48. The van der Waals surface area contributed by atoms with Gasteiger partial charge in [-0.15, -0.1) is 0 Å². The van der Waals surface area contributed by atoms with E-state index in [4.69, 9.17) is 9.47 Å². The fraction of sp³-hybridized carbons (Fsp3) is 0.400. The number of aromatic nitrogens is 3. The number of ether oxygens (including phenoxy) is 2. The van der Waals surface area contributed by atoms with Crippen LogP contribution in [0.15, 0.2) is 24.5 Å². The molecule has 0 N–H and O–H groups in total. The Morgan fingerprint density at radius 3 is 2.68 bits per heavy atom. The molecule has 0 amide bonds. The Balaban J connectivity index is 1.93. The average Bonchev–Trinajstić information content (AvgIpc) is 3.35. The molecule has 2 atom stereocenters. The lowest BCUT2D eigenvalue weighted by molar-refractivity contribution is 0.120. The van der Waals surface area contributed by atoms with Crippen LogP contribution in [0.1, 0.15) is 17.9 Å². The summed E-state index contributed by atoms with van der Waals surface area (Å²) >= 11 is 0. The first kappa shape index (κ1) is 14.6. The zero-order valence-electron chi connectivity index (χ0n) is 12.2. The van der Waals surface area contributed by atoms with Gasteiger partial charge in [-0.1, -0.05) is 0 Å². The van der Waals surface area contributed by atoms with E-state index in [1.807, 2.05) is 0 Å². The Morgan fingerprint density at radius 1 is 1.23 bits per heavy atom. The number of pyridine rings is 1. The zero-order valence-corrected chi connectivity index (χ0v) is 12.2. The molecule has 2 heterocycles. The summed E-state index contributed by atoms with van der Waals surface area (Å²) in [5, 5.41) is 0. The lowest BCUT2D eigenvalue weighted by Gasteiger charge is -2.09. The highest BCUT2D eigenvalue weighted by Crippen LogP contribution is 2.51. The molecule has 0 saturated heterocycles. The van der Waals surface area contributed by atoms with Crippen LogP contribution in [0.4, 0.5) is 8.78 Å². The van der Waals surface area contributed by atoms with E-state index in [1.165, 1.54) is 14.2 Å². The Labute approximate surface area is 126 Å². The van der Waals surface area contributed by atoms with E-state index >= 15 is 0 Å². The molecule has 3 rings (SSSR count). The summed E-state index contributed by atoms with van der Waals surface area (Å²) in [7, 11) is 2.95. The molecule has 0 radical (unpaired) electrons. The Kier molecular flexibility index (Phi) is 3.87. The maximum Gasteiger partial charge on any atom is 0.319 e. The molecule has 1 saturated carbocycles. The Morgan fingerprint density at radius 2 is 2.05 bits per heavy atom. The molecule has 2 aromatic heterocycles. The fourth-order valence-corrected chi connectivity index (χ4v) is 2.48.